The fraction of sp³-hybridized carbons (Fsp3) is 0.286. The molecular formula is C21H24N2O3S. The second kappa shape index (κ2) is 8.50. The van der Waals surface area contributed by atoms with Crippen LogP contribution in [0.3, 0.4) is 0 Å². The van der Waals surface area contributed by atoms with Crippen molar-refractivity contribution in [3.05, 3.63) is 76.9 Å². The molecule has 2 aromatic rings. The number of carbonyl (C=O) groups is 1. The number of sulfone groups is 1. The van der Waals surface area contributed by atoms with E-state index in [9.17, 15) is 13.2 Å². The molecule has 2 aromatic carbocycles. The lowest BCUT2D eigenvalue weighted by molar-refractivity contribution is 0.0956. The fourth-order valence-corrected chi connectivity index (χ4v) is 4.28. The molecule has 0 unspecified atom stereocenters. The minimum atomic E-state index is -3.40. The second-order valence-corrected chi connectivity index (χ2v) is 8.76. The zero-order valence-corrected chi connectivity index (χ0v) is 16.2. The van der Waals surface area contributed by atoms with Gasteiger partial charge >= 0.3 is 0 Å². The van der Waals surface area contributed by atoms with Crippen molar-refractivity contribution < 1.29 is 13.2 Å². The van der Waals surface area contributed by atoms with Crippen molar-refractivity contribution in [1.82, 2.24) is 10.6 Å². The summed E-state index contributed by atoms with van der Waals surface area (Å²) in [5.41, 5.74) is 3.43. The molecule has 0 saturated heterocycles. The first kappa shape index (κ1) is 19.3. The highest BCUT2D eigenvalue weighted by Gasteiger charge is 2.15. The SMILES string of the molecule is Cc1ccc(S(=O)(=O)Cc2ccc(C(=O)NCC3=CCNCC3)cc2)cc1. The standard InChI is InChI=1S/C21H24N2O3S/c1-16-2-8-20(9-3-16)27(25,26)15-18-4-6-19(7-5-18)21(24)23-14-17-10-12-22-13-11-17/h2-10,22H,11-15H2,1H3,(H,23,24). The predicted octanol–water partition coefficient (Wildman–Crippen LogP) is 2.62. The fourth-order valence-electron chi connectivity index (χ4n) is 2.93. The lowest BCUT2D eigenvalue weighted by Crippen LogP contribution is -2.29. The van der Waals surface area contributed by atoms with Crippen LogP contribution in [0, 0.1) is 6.92 Å². The molecule has 27 heavy (non-hydrogen) atoms. The highest BCUT2D eigenvalue weighted by molar-refractivity contribution is 7.90. The van der Waals surface area contributed by atoms with E-state index in [1.165, 1.54) is 5.57 Å². The Morgan fingerprint density at radius 2 is 1.78 bits per heavy atom. The van der Waals surface area contributed by atoms with Crippen LogP contribution in [0.25, 0.3) is 0 Å². The van der Waals surface area contributed by atoms with Crippen LogP contribution in [-0.2, 0) is 15.6 Å². The molecule has 0 aliphatic carbocycles. The number of amides is 1. The normalized spacial score (nSPS) is 14.5. The van der Waals surface area contributed by atoms with Crippen LogP contribution in [0.4, 0.5) is 0 Å². The van der Waals surface area contributed by atoms with Crippen molar-refractivity contribution in [2.75, 3.05) is 19.6 Å². The average Bonchev–Trinajstić information content (AvgIpc) is 2.67. The topological polar surface area (TPSA) is 75.3 Å². The van der Waals surface area contributed by atoms with E-state index in [1.807, 2.05) is 6.92 Å². The molecule has 0 radical (unpaired) electrons. The number of hydrogen-bond acceptors (Lipinski definition) is 4. The van der Waals surface area contributed by atoms with Gasteiger partial charge in [0.05, 0.1) is 10.6 Å². The van der Waals surface area contributed by atoms with Gasteiger partial charge in [-0.1, -0.05) is 41.5 Å². The minimum absolute atomic E-state index is 0.0855. The Hall–Kier alpha value is -2.44. The summed E-state index contributed by atoms with van der Waals surface area (Å²) >= 11 is 0. The second-order valence-electron chi connectivity index (χ2n) is 6.77. The number of benzene rings is 2. The number of carbonyl (C=O) groups excluding carboxylic acids is 1. The molecule has 0 atom stereocenters. The summed E-state index contributed by atoms with van der Waals surface area (Å²) in [4.78, 5) is 12.6. The van der Waals surface area contributed by atoms with Crippen LogP contribution in [0.1, 0.15) is 27.9 Å². The van der Waals surface area contributed by atoms with Crippen molar-refractivity contribution in [3.8, 4) is 0 Å². The van der Waals surface area contributed by atoms with Gasteiger partial charge in [0.25, 0.3) is 5.91 Å². The average molecular weight is 385 g/mol. The Labute approximate surface area is 160 Å². The van der Waals surface area contributed by atoms with E-state index in [2.05, 4.69) is 16.7 Å². The van der Waals surface area contributed by atoms with Crippen molar-refractivity contribution in [1.29, 1.82) is 0 Å². The molecule has 3 rings (SSSR count). The quantitative estimate of drug-likeness (QED) is 0.751. The summed E-state index contributed by atoms with van der Waals surface area (Å²) in [6.07, 6.45) is 3.04. The molecule has 1 aliphatic heterocycles. The van der Waals surface area contributed by atoms with Crippen LogP contribution >= 0.6 is 0 Å². The summed E-state index contributed by atoms with van der Waals surface area (Å²) < 4.78 is 25.0. The maximum absolute atomic E-state index is 12.5. The van der Waals surface area contributed by atoms with E-state index >= 15 is 0 Å². The number of aryl methyl sites for hydroxylation is 1. The third-order valence-electron chi connectivity index (χ3n) is 4.59. The monoisotopic (exact) mass is 384 g/mol. The molecule has 0 bridgehead atoms. The maximum Gasteiger partial charge on any atom is 0.251 e. The van der Waals surface area contributed by atoms with Crippen molar-refractivity contribution in [2.45, 2.75) is 24.0 Å². The molecule has 1 amide bonds. The first-order valence-electron chi connectivity index (χ1n) is 8.99. The van der Waals surface area contributed by atoms with Gasteiger partial charge in [-0.3, -0.25) is 4.79 Å². The van der Waals surface area contributed by atoms with Gasteiger partial charge in [0.15, 0.2) is 9.84 Å². The van der Waals surface area contributed by atoms with Gasteiger partial charge in [0.1, 0.15) is 0 Å². The van der Waals surface area contributed by atoms with E-state index in [0.29, 0.717) is 22.6 Å². The van der Waals surface area contributed by atoms with E-state index in [-0.39, 0.29) is 11.7 Å². The van der Waals surface area contributed by atoms with Crippen LogP contribution in [0.5, 0.6) is 0 Å². The summed E-state index contributed by atoms with van der Waals surface area (Å²) in [5.74, 6) is -0.236. The van der Waals surface area contributed by atoms with Crippen LogP contribution < -0.4 is 10.6 Å². The lowest BCUT2D eigenvalue weighted by atomic mass is 10.1. The number of rotatable bonds is 6. The third kappa shape index (κ3) is 5.28. The van der Waals surface area contributed by atoms with E-state index < -0.39 is 9.84 Å². The van der Waals surface area contributed by atoms with Crippen LogP contribution in [0.15, 0.2) is 65.1 Å². The Morgan fingerprint density at radius 3 is 2.41 bits per heavy atom. The molecule has 0 aromatic heterocycles. The lowest BCUT2D eigenvalue weighted by Gasteiger charge is -2.14. The van der Waals surface area contributed by atoms with E-state index in [1.54, 1.807) is 48.5 Å². The van der Waals surface area contributed by atoms with Crippen LogP contribution in [0.2, 0.25) is 0 Å². The van der Waals surface area contributed by atoms with Gasteiger partial charge in [0.2, 0.25) is 0 Å². The van der Waals surface area contributed by atoms with Gasteiger partial charge in [-0.05, 0) is 49.7 Å². The van der Waals surface area contributed by atoms with Crippen molar-refractivity contribution in [2.24, 2.45) is 0 Å². The Bertz CT molecular complexity index is 930. The molecule has 0 fully saturated rings. The summed E-state index contributed by atoms with van der Waals surface area (Å²) in [5, 5.41) is 6.15. The minimum Gasteiger partial charge on any atom is -0.348 e. The third-order valence-corrected chi connectivity index (χ3v) is 6.29. The van der Waals surface area contributed by atoms with Gasteiger partial charge < -0.3 is 10.6 Å². The summed E-state index contributed by atoms with van der Waals surface area (Å²) in [6, 6.07) is 13.6. The van der Waals surface area contributed by atoms with E-state index in [0.717, 1.165) is 25.1 Å². The van der Waals surface area contributed by atoms with Crippen molar-refractivity contribution >= 4 is 15.7 Å². The highest BCUT2D eigenvalue weighted by Crippen LogP contribution is 2.17. The molecular weight excluding hydrogens is 360 g/mol. The van der Waals surface area contributed by atoms with Crippen molar-refractivity contribution in [3.63, 3.8) is 0 Å². The summed E-state index contributed by atoms with van der Waals surface area (Å²) in [6.45, 7) is 4.24. The molecule has 0 spiro atoms. The highest BCUT2D eigenvalue weighted by atomic mass is 32.2. The first-order chi connectivity index (χ1) is 12.9. The molecule has 6 heteroatoms. The van der Waals surface area contributed by atoms with Gasteiger partial charge in [0, 0.05) is 18.7 Å². The summed E-state index contributed by atoms with van der Waals surface area (Å²) in [7, 11) is -3.40. The molecule has 5 nitrogen and oxygen atoms in total. The molecule has 0 saturated carbocycles. The first-order valence-corrected chi connectivity index (χ1v) is 10.6. The zero-order chi connectivity index (χ0) is 19.3. The molecule has 2 N–H and O–H groups in total. The molecule has 142 valence electrons. The zero-order valence-electron chi connectivity index (χ0n) is 15.4. The van der Waals surface area contributed by atoms with Gasteiger partial charge in [-0.2, -0.15) is 0 Å². The van der Waals surface area contributed by atoms with Gasteiger partial charge in [-0.15, -0.1) is 0 Å². The molecule has 1 heterocycles. The Kier molecular flexibility index (Phi) is 6.08. The number of hydrogen-bond donors (Lipinski definition) is 2. The maximum atomic E-state index is 12.5. The van der Waals surface area contributed by atoms with E-state index in [4.69, 9.17) is 0 Å². The predicted molar refractivity (Wildman–Crippen MR) is 106 cm³/mol. The Balaban J connectivity index is 1.61. The Morgan fingerprint density at radius 1 is 1.07 bits per heavy atom. The van der Waals surface area contributed by atoms with Crippen LogP contribution in [-0.4, -0.2) is 34.0 Å². The van der Waals surface area contributed by atoms with Gasteiger partial charge in [-0.25, -0.2) is 8.42 Å². The molecule has 1 aliphatic rings. The smallest absolute Gasteiger partial charge is 0.251 e. The largest absolute Gasteiger partial charge is 0.348 e. The number of nitrogens with one attached hydrogen (secondary N) is 2.